The predicted octanol–water partition coefficient (Wildman–Crippen LogP) is 2.14. The van der Waals surface area contributed by atoms with Crippen LogP contribution in [0, 0.1) is 6.92 Å². The van der Waals surface area contributed by atoms with Crippen LogP contribution in [0.5, 0.6) is 0 Å². The van der Waals surface area contributed by atoms with Crippen molar-refractivity contribution in [2.24, 2.45) is 0 Å². The van der Waals surface area contributed by atoms with Gasteiger partial charge in [-0.25, -0.2) is 14.0 Å². The van der Waals surface area contributed by atoms with Gasteiger partial charge in [0.1, 0.15) is 18.0 Å². The normalized spacial score (nSPS) is 24.2. The summed E-state index contributed by atoms with van der Waals surface area (Å²) in [5.41, 5.74) is -2.35. The zero-order valence-electron chi connectivity index (χ0n) is 14.5. The molecule has 7 nitrogen and oxygen atoms in total. The number of halogens is 1. The molecule has 0 saturated carbocycles. The largest absolute Gasteiger partial charge is 0.443 e. The number of alkyl halides is 1. The molecule has 1 fully saturated rings. The van der Waals surface area contributed by atoms with Gasteiger partial charge >= 0.3 is 11.8 Å². The molecule has 0 radical (unpaired) electrons. The fourth-order valence-electron chi connectivity index (χ4n) is 2.59. The molecule has 2 heterocycles. The van der Waals surface area contributed by atoms with Gasteiger partial charge in [0.2, 0.25) is 0 Å². The van der Waals surface area contributed by atoms with Crippen molar-refractivity contribution >= 4 is 6.09 Å². The molecule has 24 heavy (non-hydrogen) atoms. The van der Waals surface area contributed by atoms with Crippen LogP contribution in [0.3, 0.4) is 0 Å². The summed E-state index contributed by atoms with van der Waals surface area (Å²) >= 11 is 0. The van der Waals surface area contributed by atoms with Gasteiger partial charge in [-0.05, 0) is 34.1 Å². The Morgan fingerprint density at radius 2 is 2.04 bits per heavy atom. The highest BCUT2D eigenvalue weighted by molar-refractivity contribution is 5.70. The fourth-order valence-corrected chi connectivity index (χ4v) is 2.59. The molecule has 1 saturated heterocycles. The first-order chi connectivity index (χ1) is 11.0. The monoisotopic (exact) mass is 341 g/mol. The lowest BCUT2D eigenvalue weighted by atomic mass is 10.1. The van der Waals surface area contributed by atoms with E-state index >= 15 is 0 Å². The van der Waals surface area contributed by atoms with Gasteiger partial charge in [0.15, 0.2) is 0 Å². The molecule has 0 amide bonds. The van der Waals surface area contributed by atoms with E-state index in [9.17, 15) is 18.8 Å². The van der Waals surface area contributed by atoms with E-state index in [0.717, 1.165) is 4.57 Å². The van der Waals surface area contributed by atoms with Crippen LogP contribution in [0.25, 0.3) is 0 Å². The van der Waals surface area contributed by atoms with Gasteiger partial charge in [-0.15, -0.1) is 0 Å². The smallest absolute Gasteiger partial charge is 0.425 e. The summed E-state index contributed by atoms with van der Waals surface area (Å²) in [6.45, 7) is 8.14. The maximum absolute atomic E-state index is 13.9. The van der Waals surface area contributed by atoms with Crippen LogP contribution < -0.4 is 11.2 Å². The minimum Gasteiger partial charge on any atom is -0.443 e. The molecule has 0 N–H and O–H groups in total. The lowest BCUT2D eigenvalue weighted by Gasteiger charge is -2.21. The Labute approximate surface area is 139 Å². The van der Waals surface area contributed by atoms with E-state index in [4.69, 9.17) is 9.47 Å². The highest BCUT2D eigenvalue weighted by Crippen LogP contribution is 2.31. The molecular weight excluding hydrogens is 318 g/mol. The summed E-state index contributed by atoms with van der Waals surface area (Å²) in [6, 6.07) is 0. The molecular formula is C16H23FN2O5. The molecule has 1 aromatic rings. The molecule has 0 bridgehead atoms. The molecule has 2 rings (SSSR count). The number of aromatic nitrogens is 2. The maximum atomic E-state index is 13.9. The Balaban J connectivity index is 2.48. The van der Waals surface area contributed by atoms with Gasteiger partial charge in [0.25, 0.3) is 5.56 Å². The number of ether oxygens (including phenoxy) is 2. The van der Waals surface area contributed by atoms with E-state index in [-0.39, 0.29) is 12.0 Å². The number of aryl methyl sites for hydroxylation is 1. The first-order valence-electron chi connectivity index (χ1n) is 7.92. The number of hydrogen-bond donors (Lipinski definition) is 0. The summed E-state index contributed by atoms with van der Waals surface area (Å²) < 4.78 is 26.1. The van der Waals surface area contributed by atoms with Crippen LogP contribution in [-0.4, -0.2) is 33.1 Å². The van der Waals surface area contributed by atoms with E-state index in [1.807, 2.05) is 0 Å². The highest BCUT2D eigenvalue weighted by Gasteiger charge is 2.36. The number of carbonyl (C=O) groups is 1. The van der Waals surface area contributed by atoms with Crippen molar-refractivity contribution in [3.63, 3.8) is 0 Å². The second kappa shape index (κ2) is 6.51. The molecule has 0 spiro atoms. The van der Waals surface area contributed by atoms with Gasteiger partial charge in [-0.1, -0.05) is 6.92 Å². The summed E-state index contributed by atoms with van der Waals surface area (Å²) in [7, 11) is 0. The van der Waals surface area contributed by atoms with Crippen molar-refractivity contribution in [2.45, 2.75) is 71.6 Å². The molecule has 8 heteroatoms. The second-order valence-electron chi connectivity index (χ2n) is 6.91. The average Bonchev–Trinajstić information content (AvgIpc) is 2.82. The summed E-state index contributed by atoms with van der Waals surface area (Å²) in [4.78, 5) is 37.0. The minimum absolute atomic E-state index is 0.00955. The van der Waals surface area contributed by atoms with E-state index < -0.39 is 41.4 Å². The van der Waals surface area contributed by atoms with E-state index in [0.29, 0.717) is 11.0 Å². The van der Waals surface area contributed by atoms with E-state index in [2.05, 4.69) is 0 Å². The van der Waals surface area contributed by atoms with Crippen molar-refractivity contribution in [3.8, 4) is 0 Å². The topological polar surface area (TPSA) is 79.5 Å². The van der Waals surface area contributed by atoms with Crippen molar-refractivity contribution in [3.05, 3.63) is 32.6 Å². The Morgan fingerprint density at radius 3 is 2.54 bits per heavy atom. The Hall–Kier alpha value is -1.96. The number of carbonyl (C=O) groups excluding carboxylic acids is 1. The number of rotatable bonds is 2. The van der Waals surface area contributed by atoms with Crippen molar-refractivity contribution in [1.82, 2.24) is 9.13 Å². The van der Waals surface area contributed by atoms with Crippen molar-refractivity contribution < 1.29 is 18.7 Å². The van der Waals surface area contributed by atoms with Crippen LogP contribution in [0.2, 0.25) is 0 Å². The quantitative estimate of drug-likeness (QED) is 0.823. The first-order valence-corrected chi connectivity index (χ1v) is 7.92. The number of nitrogens with zero attached hydrogens (tertiary/aromatic N) is 2. The standard InChI is InChI=1S/C16H23FN2O5/c1-6-11-10(17)7-12(23-11)18-8-9(2)13(20)19(14(18)21)15(22)24-16(3,4)5/h8,10-12H,6-7H2,1-5H3/t10?,11-,12-/m1/s1/i17-1. The van der Waals surface area contributed by atoms with Gasteiger partial charge in [0.05, 0.1) is 6.10 Å². The number of hydrogen-bond acceptors (Lipinski definition) is 5. The second-order valence-corrected chi connectivity index (χ2v) is 6.91. The third-order valence-electron chi connectivity index (χ3n) is 3.74. The van der Waals surface area contributed by atoms with Gasteiger partial charge in [-0.2, -0.15) is 4.57 Å². The molecule has 1 aromatic heterocycles. The first kappa shape index (κ1) is 18.4. The van der Waals surface area contributed by atoms with Crippen LogP contribution in [0.1, 0.15) is 52.3 Å². The van der Waals surface area contributed by atoms with Crippen LogP contribution in [0.15, 0.2) is 15.8 Å². The summed E-state index contributed by atoms with van der Waals surface area (Å²) in [5.74, 6) is 0. The predicted molar refractivity (Wildman–Crippen MR) is 85.0 cm³/mol. The molecule has 0 aliphatic carbocycles. The third-order valence-corrected chi connectivity index (χ3v) is 3.74. The molecule has 1 unspecified atom stereocenters. The van der Waals surface area contributed by atoms with Crippen molar-refractivity contribution in [1.29, 1.82) is 0 Å². The molecule has 1 aliphatic rings. The lowest BCUT2D eigenvalue weighted by Crippen LogP contribution is -2.47. The highest BCUT2D eigenvalue weighted by atomic mass is 18.2. The van der Waals surface area contributed by atoms with Crippen LogP contribution in [-0.2, 0) is 9.47 Å². The molecule has 1 aliphatic heterocycles. The maximum Gasteiger partial charge on any atom is 0.425 e. The molecule has 0 aromatic carbocycles. The van der Waals surface area contributed by atoms with Crippen LogP contribution in [0.4, 0.5) is 9.18 Å². The SMILES string of the molecule is CC[C@H]1O[C@@H](n2cc(C)c(=O)n(C(=O)OC(C)(C)C)c2=O)CC1[18F]. The fraction of sp³-hybridized carbons (Fsp3) is 0.688. The van der Waals surface area contributed by atoms with Gasteiger partial charge < -0.3 is 9.47 Å². The Kier molecular flexibility index (Phi) is 4.98. The van der Waals surface area contributed by atoms with E-state index in [1.54, 1.807) is 27.7 Å². The summed E-state index contributed by atoms with van der Waals surface area (Å²) in [5, 5.41) is 0. The van der Waals surface area contributed by atoms with Crippen molar-refractivity contribution in [2.75, 3.05) is 0 Å². The lowest BCUT2D eigenvalue weighted by molar-refractivity contribution is -0.0127. The zero-order valence-corrected chi connectivity index (χ0v) is 14.5. The summed E-state index contributed by atoms with van der Waals surface area (Å²) in [6.07, 6.45) is -1.97. The van der Waals surface area contributed by atoms with Crippen LogP contribution >= 0.6 is 0 Å². The van der Waals surface area contributed by atoms with Gasteiger partial charge in [0, 0.05) is 18.2 Å². The third kappa shape index (κ3) is 3.58. The molecule has 3 atom stereocenters. The zero-order chi connectivity index (χ0) is 18.2. The van der Waals surface area contributed by atoms with Gasteiger partial charge in [-0.3, -0.25) is 9.36 Å². The minimum atomic E-state index is -1.20. The Bertz CT molecular complexity index is 746. The Morgan fingerprint density at radius 1 is 1.42 bits per heavy atom. The average molecular weight is 341 g/mol. The van der Waals surface area contributed by atoms with E-state index in [1.165, 1.54) is 13.1 Å². The molecule has 134 valence electrons.